The smallest absolute Gasteiger partial charge is 0.269 e. The monoisotopic (exact) mass is 600 g/mol. The second-order valence-electron chi connectivity index (χ2n) is 11.8. The van der Waals surface area contributed by atoms with Crippen LogP contribution in [0.1, 0.15) is 41.5 Å². The van der Waals surface area contributed by atoms with Crippen LogP contribution in [0.15, 0.2) is 51.8 Å². The molecular formula is C24H37BrN2O5SSi2. The fraction of sp³-hybridized carbons (Fsp3) is 0.500. The van der Waals surface area contributed by atoms with Gasteiger partial charge in [-0.15, -0.1) is 0 Å². The molecule has 0 saturated carbocycles. The first-order valence-corrected chi connectivity index (χ1v) is 19.5. The van der Waals surface area contributed by atoms with Gasteiger partial charge in [-0.25, -0.2) is 8.42 Å². The number of non-ortho nitro benzene ring substituents is 1. The summed E-state index contributed by atoms with van der Waals surface area (Å²) in [7, 11) is -8.79. The molecule has 7 nitrogen and oxygen atoms in total. The normalized spacial score (nSPS) is 13.5. The average Bonchev–Trinajstić information content (AvgIpc) is 2.68. The van der Waals surface area contributed by atoms with Crippen LogP contribution in [0.5, 0.6) is 5.75 Å². The van der Waals surface area contributed by atoms with Crippen molar-refractivity contribution in [2.75, 3.05) is 3.97 Å². The highest BCUT2D eigenvalue weighted by molar-refractivity contribution is 9.10. The average molecular weight is 602 g/mol. The van der Waals surface area contributed by atoms with Gasteiger partial charge in [-0.05, 0) is 69.4 Å². The van der Waals surface area contributed by atoms with E-state index < -0.39 is 31.5 Å². The molecule has 0 heterocycles. The lowest BCUT2D eigenvalue weighted by atomic mass is 10.2. The van der Waals surface area contributed by atoms with Gasteiger partial charge in [0, 0.05) is 17.8 Å². The van der Waals surface area contributed by atoms with Crippen molar-refractivity contribution in [2.24, 2.45) is 0 Å². The summed E-state index contributed by atoms with van der Waals surface area (Å²) in [5.41, 5.74) is 0.377. The lowest BCUT2D eigenvalue weighted by Crippen LogP contribution is -2.57. The Hall–Kier alpha value is -1.70. The number of halogens is 1. The summed E-state index contributed by atoms with van der Waals surface area (Å²) in [5.74, 6) is 0.684. The number of hydrogen-bond acceptors (Lipinski definition) is 5. The largest absolute Gasteiger partial charge is 0.543 e. The minimum Gasteiger partial charge on any atom is -0.543 e. The quantitative estimate of drug-likeness (QED) is 0.183. The molecule has 0 aliphatic carbocycles. The highest BCUT2D eigenvalue weighted by Crippen LogP contribution is 2.45. The van der Waals surface area contributed by atoms with E-state index in [2.05, 4.69) is 49.8 Å². The lowest BCUT2D eigenvalue weighted by molar-refractivity contribution is -0.384. The van der Waals surface area contributed by atoms with Gasteiger partial charge in [0.15, 0.2) is 8.24 Å². The number of nitrogens with zero attached hydrogens (tertiary/aromatic N) is 2. The number of nitro groups is 1. The highest BCUT2D eigenvalue weighted by atomic mass is 79.9. The Morgan fingerprint density at radius 3 is 1.83 bits per heavy atom. The summed E-state index contributed by atoms with van der Waals surface area (Å²) in [6, 6.07) is 10.5. The fourth-order valence-corrected chi connectivity index (χ4v) is 10.7. The first-order valence-electron chi connectivity index (χ1n) is 11.4. The van der Waals surface area contributed by atoms with Crippen molar-refractivity contribution in [2.45, 2.75) is 82.7 Å². The van der Waals surface area contributed by atoms with Crippen LogP contribution < -0.4 is 8.40 Å². The van der Waals surface area contributed by atoms with E-state index in [0.29, 0.717) is 15.9 Å². The number of rotatable bonds is 7. The van der Waals surface area contributed by atoms with Gasteiger partial charge in [0.05, 0.1) is 14.3 Å². The van der Waals surface area contributed by atoms with Gasteiger partial charge >= 0.3 is 0 Å². The molecule has 35 heavy (non-hydrogen) atoms. The molecule has 194 valence electrons. The zero-order valence-electron chi connectivity index (χ0n) is 22.3. The minimum atomic E-state index is -4.01. The summed E-state index contributed by atoms with van der Waals surface area (Å²) >= 11 is 3.62. The summed E-state index contributed by atoms with van der Waals surface area (Å²) in [4.78, 5) is 10.6. The van der Waals surface area contributed by atoms with Gasteiger partial charge in [0.1, 0.15) is 5.75 Å². The standard InChI is InChI=1S/C24H37BrN2O5SSi2/c1-23(2,3)34(7,8)27(33(30,31)20-14-11-18(12-15-20)26(28)29)19-13-16-22(21(25)17-19)32-35(9,10)24(4,5)6/h11-17H,1-10H3. The van der Waals surface area contributed by atoms with Gasteiger partial charge in [0.2, 0.25) is 0 Å². The van der Waals surface area contributed by atoms with Crippen molar-refractivity contribution in [1.29, 1.82) is 0 Å². The molecule has 0 aliphatic rings. The van der Waals surface area contributed by atoms with Gasteiger partial charge in [0.25, 0.3) is 24.0 Å². The molecule has 0 unspecified atom stereocenters. The Bertz CT molecular complexity index is 1200. The first-order chi connectivity index (χ1) is 15.6. The maximum atomic E-state index is 14.0. The maximum absolute atomic E-state index is 14.0. The number of sulfonamides is 1. The second-order valence-corrected chi connectivity index (χ2v) is 24.6. The number of hydrogen-bond donors (Lipinski definition) is 0. The Labute approximate surface area is 220 Å². The summed E-state index contributed by atoms with van der Waals surface area (Å²) in [6.07, 6.45) is 0. The lowest BCUT2D eigenvalue weighted by Gasteiger charge is -2.46. The third-order valence-corrected chi connectivity index (χ3v) is 20.8. The van der Waals surface area contributed by atoms with Crippen molar-refractivity contribution in [3.63, 3.8) is 0 Å². The Balaban J connectivity index is 2.67. The summed E-state index contributed by atoms with van der Waals surface area (Å²) in [5, 5.41) is 10.8. The van der Waals surface area contributed by atoms with Crippen molar-refractivity contribution < 1.29 is 17.8 Å². The second kappa shape index (κ2) is 9.64. The molecule has 0 atom stereocenters. The van der Waals surface area contributed by atoms with Crippen LogP contribution >= 0.6 is 15.9 Å². The Morgan fingerprint density at radius 1 is 0.914 bits per heavy atom. The van der Waals surface area contributed by atoms with Crippen LogP contribution in [0.3, 0.4) is 0 Å². The summed E-state index contributed by atoms with van der Waals surface area (Å²) < 4.78 is 36.7. The van der Waals surface area contributed by atoms with E-state index in [0.717, 1.165) is 0 Å². The summed E-state index contributed by atoms with van der Waals surface area (Å²) in [6.45, 7) is 21.0. The van der Waals surface area contributed by atoms with E-state index in [1.54, 1.807) is 16.1 Å². The number of anilines is 1. The predicted octanol–water partition coefficient (Wildman–Crippen LogP) is 7.94. The van der Waals surface area contributed by atoms with Crippen LogP contribution in [0, 0.1) is 10.1 Å². The molecule has 0 spiro atoms. The van der Waals surface area contributed by atoms with Crippen LogP contribution in [-0.4, -0.2) is 29.9 Å². The van der Waals surface area contributed by atoms with E-state index in [1.165, 1.54) is 24.3 Å². The van der Waals surface area contributed by atoms with E-state index >= 15 is 0 Å². The van der Waals surface area contributed by atoms with Crippen molar-refractivity contribution in [1.82, 2.24) is 0 Å². The van der Waals surface area contributed by atoms with Crippen molar-refractivity contribution >= 4 is 53.9 Å². The molecule has 0 aromatic heterocycles. The van der Waals surface area contributed by atoms with Gasteiger partial charge in [-0.3, -0.25) is 14.1 Å². The molecule has 0 bridgehead atoms. The zero-order valence-corrected chi connectivity index (χ0v) is 26.7. The number of nitro benzene ring substituents is 1. The third-order valence-electron chi connectivity index (χ3n) is 7.25. The molecule has 2 aromatic carbocycles. The SMILES string of the molecule is CC(C)(C)[Si](C)(C)Oc1ccc(N([Si](C)(C)C(C)(C)C)S(=O)(=O)c2ccc([N+](=O)[O-])cc2)cc1Br. The highest BCUT2D eigenvalue weighted by Gasteiger charge is 2.48. The molecule has 0 radical (unpaired) electrons. The first kappa shape index (κ1) is 29.5. The van der Waals surface area contributed by atoms with Crippen molar-refractivity contribution in [3.8, 4) is 5.75 Å². The minimum absolute atomic E-state index is 0.0115. The molecule has 0 fully saturated rings. The van der Waals surface area contributed by atoms with Crippen molar-refractivity contribution in [3.05, 3.63) is 57.1 Å². The van der Waals surface area contributed by atoms with E-state index in [4.69, 9.17) is 4.43 Å². The van der Waals surface area contributed by atoms with Crippen LogP contribution in [0.4, 0.5) is 11.4 Å². The van der Waals surface area contributed by atoms with Crippen LogP contribution in [0.2, 0.25) is 36.3 Å². The Morgan fingerprint density at radius 2 is 1.43 bits per heavy atom. The van der Waals surface area contributed by atoms with Crippen LogP contribution in [-0.2, 0) is 10.0 Å². The van der Waals surface area contributed by atoms with E-state index in [1.807, 2.05) is 39.9 Å². The number of benzene rings is 2. The molecular weight excluding hydrogens is 564 g/mol. The third kappa shape index (κ3) is 6.00. The molecule has 0 aliphatic heterocycles. The fourth-order valence-electron chi connectivity index (χ4n) is 3.04. The topological polar surface area (TPSA) is 89.8 Å². The molecule has 2 rings (SSSR count). The van der Waals surface area contributed by atoms with Gasteiger partial charge < -0.3 is 4.43 Å². The Kier molecular flexibility index (Phi) is 8.13. The molecule has 0 N–H and O–H groups in total. The van der Waals surface area contributed by atoms with Gasteiger partial charge in [-0.2, -0.15) is 0 Å². The molecule has 11 heteroatoms. The zero-order chi connectivity index (χ0) is 27.2. The van der Waals surface area contributed by atoms with Gasteiger partial charge in [-0.1, -0.05) is 54.6 Å². The van der Waals surface area contributed by atoms with E-state index in [9.17, 15) is 18.5 Å². The molecule has 2 aromatic rings. The molecule has 0 saturated heterocycles. The maximum Gasteiger partial charge on any atom is 0.269 e. The molecule has 0 amide bonds. The van der Waals surface area contributed by atoms with E-state index in [-0.39, 0.29) is 20.7 Å². The predicted molar refractivity (Wildman–Crippen MR) is 152 cm³/mol. The van der Waals surface area contributed by atoms with Crippen LogP contribution in [0.25, 0.3) is 0 Å².